The van der Waals surface area contributed by atoms with Crippen LogP contribution < -0.4 is 10.2 Å². The maximum atomic E-state index is 13.4. The van der Waals surface area contributed by atoms with Crippen LogP contribution in [0.15, 0.2) is 60.8 Å². The molecular weight excluding hydrogens is 593 g/mol. The van der Waals surface area contributed by atoms with Gasteiger partial charge in [0.2, 0.25) is 17.8 Å². The van der Waals surface area contributed by atoms with E-state index in [1.165, 1.54) is 13.3 Å². The van der Waals surface area contributed by atoms with E-state index in [-0.39, 0.29) is 43.7 Å². The van der Waals surface area contributed by atoms with Gasteiger partial charge in [-0.25, -0.2) is 19.7 Å². The molecule has 3 aromatic rings. The van der Waals surface area contributed by atoms with Crippen LogP contribution in [0.1, 0.15) is 37.7 Å². The van der Waals surface area contributed by atoms with Crippen LogP contribution in [0.25, 0.3) is 11.3 Å². The molecule has 10 nitrogen and oxygen atoms in total. The summed E-state index contributed by atoms with van der Waals surface area (Å²) in [7, 11) is 2.33. The Hall–Kier alpha value is -4.52. The van der Waals surface area contributed by atoms with Crippen LogP contribution in [-0.2, 0) is 34.8 Å². The SMILES string of the molecule is COC(=O)CCC(NC(=O)CCCC(=O)N(c1ccc(C(F)(F)F)cc1)c1nccc(-c2cccc(Cl)c2)n1)C(=O)OC. The quantitative estimate of drug-likeness (QED) is 0.272. The van der Waals surface area contributed by atoms with Crippen LogP contribution in [0.2, 0.25) is 5.02 Å². The molecule has 0 aliphatic carbocycles. The number of amides is 2. The fourth-order valence-electron chi connectivity index (χ4n) is 3.97. The monoisotopic (exact) mass is 620 g/mol. The van der Waals surface area contributed by atoms with Gasteiger partial charge in [0.25, 0.3) is 0 Å². The number of carbonyl (C=O) groups is 4. The number of nitrogens with zero attached hydrogens (tertiary/aromatic N) is 3. The van der Waals surface area contributed by atoms with Gasteiger partial charge in [-0.1, -0.05) is 23.7 Å². The lowest BCUT2D eigenvalue weighted by atomic mass is 10.1. The molecule has 2 amide bonds. The molecule has 1 unspecified atom stereocenters. The van der Waals surface area contributed by atoms with E-state index in [4.69, 9.17) is 11.6 Å². The van der Waals surface area contributed by atoms with Gasteiger partial charge in [0.15, 0.2) is 0 Å². The van der Waals surface area contributed by atoms with E-state index in [0.717, 1.165) is 36.3 Å². The van der Waals surface area contributed by atoms with E-state index in [9.17, 15) is 32.3 Å². The number of halogens is 4. The summed E-state index contributed by atoms with van der Waals surface area (Å²) in [5, 5.41) is 2.93. The second-order valence-corrected chi connectivity index (χ2v) is 9.57. The molecule has 1 aromatic heterocycles. The van der Waals surface area contributed by atoms with Crippen LogP contribution in [0.5, 0.6) is 0 Å². The zero-order valence-corrected chi connectivity index (χ0v) is 23.9. The highest BCUT2D eigenvalue weighted by Gasteiger charge is 2.31. The lowest BCUT2D eigenvalue weighted by Crippen LogP contribution is -2.41. The van der Waals surface area contributed by atoms with Crippen molar-refractivity contribution in [3.63, 3.8) is 0 Å². The number of nitrogens with one attached hydrogen (secondary N) is 1. The largest absolute Gasteiger partial charge is 0.469 e. The first-order chi connectivity index (χ1) is 20.4. The average molecular weight is 621 g/mol. The highest BCUT2D eigenvalue weighted by Crippen LogP contribution is 2.32. The maximum Gasteiger partial charge on any atom is 0.416 e. The molecule has 0 bridgehead atoms. The van der Waals surface area contributed by atoms with Crippen LogP contribution in [0.3, 0.4) is 0 Å². The molecule has 1 atom stereocenters. The Morgan fingerprint density at radius 3 is 2.33 bits per heavy atom. The Kier molecular flexibility index (Phi) is 11.6. The molecule has 0 aliphatic heterocycles. The number of hydrogen-bond acceptors (Lipinski definition) is 8. The molecule has 228 valence electrons. The van der Waals surface area contributed by atoms with Gasteiger partial charge in [-0.2, -0.15) is 13.2 Å². The topological polar surface area (TPSA) is 128 Å². The number of rotatable bonds is 12. The molecule has 3 rings (SSSR count). The third-order valence-corrected chi connectivity index (χ3v) is 6.38. The Balaban J connectivity index is 1.79. The van der Waals surface area contributed by atoms with Crippen LogP contribution in [0, 0.1) is 0 Å². The Morgan fingerprint density at radius 2 is 1.70 bits per heavy atom. The van der Waals surface area contributed by atoms with Crippen molar-refractivity contribution in [3.8, 4) is 11.3 Å². The van der Waals surface area contributed by atoms with Crippen molar-refractivity contribution in [1.29, 1.82) is 0 Å². The molecular formula is C29H28ClF3N4O6. The molecule has 0 saturated heterocycles. The fraction of sp³-hybridized carbons (Fsp3) is 0.310. The first kappa shape index (κ1) is 33.0. The van der Waals surface area contributed by atoms with Crippen molar-refractivity contribution in [1.82, 2.24) is 15.3 Å². The third kappa shape index (κ3) is 9.50. The van der Waals surface area contributed by atoms with E-state index in [1.807, 2.05) is 0 Å². The highest BCUT2D eigenvalue weighted by atomic mass is 35.5. The van der Waals surface area contributed by atoms with Crippen molar-refractivity contribution in [2.24, 2.45) is 0 Å². The molecule has 1 heterocycles. The Labute approximate surface area is 250 Å². The van der Waals surface area contributed by atoms with Crippen molar-refractivity contribution in [2.75, 3.05) is 19.1 Å². The van der Waals surface area contributed by atoms with Crippen molar-refractivity contribution in [2.45, 2.75) is 44.3 Å². The van der Waals surface area contributed by atoms with Crippen LogP contribution >= 0.6 is 11.6 Å². The number of aromatic nitrogens is 2. The summed E-state index contributed by atoms with van der Waals surface area (Å²) in [6, 6.07) is 11.2. The lowest BCUT2D eigenvalue weighted by molar-refractivity contribution is -0.146. The first-order valence-corrected chi connectivity index (χ1v) is 13.3. The summed E-state index contributed by atoms with van der Waals surface area (Å²) < 4.78 is 48.8. The molecule has 0 saturated carbocycles. The zero-order valence-electron chi connectivity index (χ0n) is 23.2. The predicted octanol–water partition coefficient (Wildman–Crippen LogP) is 5.26. The molecule has 14 heteroatoms. The number of benzene rings is 2. The van der Waals surface area contributed by atoms with E-state index in [1.54, 1.807) is 30.3 Å². The van der Waals surface area contributed by atoms with Gasteiger partial charge in [-0.3, -0.25) is 14.4 Å². The molecule has 0 spiro atoms. The summed E-state index contributed by atoms with van der Waals surface area (Å²) in [6.45, 7) is 0. The number of methoxy groups -OCH3 is 2. The smallest absolute Gasteiger partial charge is 0.416 e. The molecule has 1 N–H and O–H groups in total. The fourth-order valence-corrected chi connectivity index (χ4v) is 4.16. The maximum absolute atomic E-state index is 13.4. The zero-order chi connectivity index (χ0) is 31.6. The van der Waals surface area contributed by atoms with Gasteiger partial charge in [-0.05, 0) is 55.3 Å². The molecule has 0 aliphatic rings. The van der Waals surface area contributed by atoms with Crippen LogP contribution in [-0.4, -0.2) is 54.0 Å². The Bertz CT molecular complexity index is 1450. The summed E-state index contributed by atoms with van der Waals surface area (Å²) in [6.07, 6.45) is -3.75. The standard InChI is InChI=1S/C29H28ClF3N4O6/c1-42-26(40)14-13-23(27(41)43-2)35-24(38)7-4-8-25(39)37(21-11-9-19(10-12-21)29(31,32)33)28-34-16-15-22(36-28)18-5-3-6-20(30)17-18/h3,5-6,9-12,15-17,23H,4,7-8,13-14H2,1-2H3,(H,35,38). The Morgan fingerprint density at radius 1 is 0.977 bits per heavy atom. The van der Waals surface area contributed by atoms with E-state index < -0.39 is 41.5 Å². The number of ether oxygens (including phenoxy) is 2. The van der Waals surface area contributed by atoms with Gasteiger partial charge < -0.3 is 14.8 Å². The summed E-state index contributed by atoms with van der Waals surface area (Å²) in [4.78, 5) is 59.1. The third-order valence-electron chi connectivity index (χ3n) is 6.15. The number of alkyl halides is 3. The van der Waals surface area contributed by atoms with Gasteiger partial charge in [0.1, 0.15) is 6.04 Å². The van der Waals surface area contributed by atoms with E-state index in [2.05, 4.69) is 24.8 Å². The average Bonchev–Trinajstić information content (AvgIpc) is 2.98. The van der Waals surface area contributed by atoms with Crippen molar-refractivity contribution >= 4 is 47.0 Å². The number of esters is 2. The van der Waals surface area contributed by atoms with Crippen molar-refractivity contribution in [3.05, 3.63) is 71.4 Å². The van der Waals surface area contributed by atoms with Gasteiger partial charge >= 0.3 is 18.1 Å². The normalized spacial score (nSPS) is 11.8. The van der Waals surface area contributed by atoms with Crippen molar-refractivity contribution < 1.29 is 41.8 Å². The number of carbonyl (C=O) groups excluding carboxylic acids is 4. The minimum atomic E-state index is -4.58. The summed E-state index contributed by atoms with van der Waals surface area (Å²) >= 11 is 6.09. The summed E-state index contributed by atoms with van der Waals surface area (Å²) in [5.74, 6) is -2.59. The predicted molar refractivity (Wildman–Crippen MR) is 150 cm³/mol. The van der Waals surface area contributed by atoms with E-state index in [0.29, 0.717) is 16.3 Å². The minimum Gasteiger partial charge on any atom is -0.469 e. The second kappa shape index (κ2) is 15.1. The van der Waals surface area contributed by atoms with E-state index >= 15 is 0 Å². The second-order valence-electron chi connectivity index (χ2n) is 9.14. The number of hydrogen-bond donors (Lipinski definition) is 1. The summed E-state index contributed by atoms with van der Waals surface area (Å²) in [5.41, 5.74) is 0.220. The number of anilines is 2. The van der Waals surface area contributed by atoms with Gasteiger partial charge in [-0.15, -0.1) is 0 Å². The lowest BCUT2D eigenvalue weighted by Gasteiger charge is -2.22. The molecule has 0 fully saturated rings. The van der Waals surface area contributed by atoms with Gasteiger partial charge in [0.05, 0.1) is 31.2 Å². The van der Waals surface area contributed by atoms with Gasteiger partial charge in [0, 0.05) is 36.0 Å². The first-order valence-electron chi connectivity index (χ1n) is 13.0. The molecule has 0 radical (unpaired) electrons. The molecule has 2 aromatic carbocycles. The highest BCUT2D eigenvalue weighted by molar-refractivity contribution is 6.30. The van der Waals surface area contributed by atoms with Crippen LogP contribution in [0.4, 0.5) is 24.8 Å². The molecule has 43 heavy (non-hydrogen) atoms. The minimum absolute atomic E-state index is 0.0146.